The lowest BCUT2D eigenvalue weighted by atomic mass is 10.2. The molecule has 0 radical (unpaired) electrons. The van der Waals surface area contributed by atoms with Crippen LogP contribution in [0.15, 0.2) is 5.51 Å². The Bertz CT molecular complexity index is 417. The number of carbonyl (C=O) groups excluding carboxylic acids is 1. The van der Waals surface area contributed by atoms with E-state index in [-0.39, 0.29) is 19.1 Å². The van der Waals surface area contributed by atoms with Crippen LogP contribution in [-0.4, -0.2) is 54.3 Å². The Morgan fingerprint density at radius 1 is 1.72 bits per heavy atom. The van der Waals surface area contributed by atoms with Crippen LogP contribution in [0.3, 0.4) is 0 Å². The maximum atomic E-state index is 12.2. The van der Waals surface area contributed by atoms with E-state index < -0.39 is 6.10 Å². The SMILES string of the molecule is COCC(O)CN(C)C(=O)c1scnc1C1CC1. The first-order chi connectivity index (χ1) is 8.63. The Kier molecular flexibility index (Phi) is 4.31. The molecule has 2 rings (SSSR count). The molecule has 1 aliphatic rings. The Balaban J connectivity index is 1.99. The lowest BCUT2D eigenvalue weighted by Gasteiger charge is -2.20. The molecule has 1 fully saturated rings. The number of carbonyl (C=O) groups is 1. The van der Waals surface area contributed by atoms with E-state index in [0.29, 0.717) is 10.8 Å². The number of aliphatic hydroxyl groups is 1. The number of ether oxygens (including phenoxy) is 1. The molecule has 18 heavy (non-hydrogen) atoms. The molecule has 1 aromatic rings. The van der Waals surface area contributed by atoms with Crippen molar-refractivity contribution < 1.29 is 14.6 Å². The van der Waals surface area contributed by atoms with Gasteiger partial charge in [0.25, 0.3) is 5.91 Å². The van der Waals surface area contributed by atoms with Gasteiger partial charge in [-0.1, -0.05) is 0 Å². The van der Waals surface area contributed by atoms with Crippen LogP contribution in [0.1, 0.15) is 34.1 Å². The summed E-state index contributed by atoms with van der Waals surface area (Å²) in [6.45, 7) is 0.504. The average Bonchev–Trinajstić information content (AvgIpc) is 3.06. The topological polar surface area (TPSA) is 62.7 Å². The average molecular weight is 270 g/mol. The summed E-state index contributed by atoms with van der Waals surface area (Å²) in [5.74, 6) is 0.405. The monoisotopic (exact) mass is 270 g/mol. The van der Waals surface area contributed by atoms with Crippen LogP contribution in [0.4, 0.5) is 0 Å². The molecule has 0 bridgehead atoms. The molecule has 1 aromatic heterocycles. The van der Waals surface area contributed by atoms with E-state index >= 15 is 0 Å². The molecule has 6 heteroatoms. The highest BCUT2D eigenvalue weighted by Gasteiger charge is 2.31. The molecular formula is C12H18N2O3S. The first-order valence-electron chi connectivity index (χ1n) is 5.99. The molecule has 1 atom stereocenters. The van der Waals surface area contributed by atoms with Gasteiger partial charge in [0, 0.05) is 26.6 Å². The first-order valence-corrected chi connectivity index (χ1v) is 6.87. The maximum absolute atomic E-state index is 12.2. The third-order valence-corrected chi connectivity index (χ3v) is 3.77. The summed E-state index contributed by atoms with van der Waals surface area (Å²) >= 11 is 1.38. The lowest BCUT2D eigenvalue weighted by molar-refractivity contribution is 0.0381. The highest BCUT2D eigenvalue weighted by molar-refractivity contribution is 7.11. The first kappa shape index (κ1) is 13.5. The predicted octanol–water partition coefficient (Wildman–Crippen LogP) is 1.10. The molecule has 1 amide bonds. The molecule has 5 nitrogen and oxygen atoms in total. The summed E-state index contributed by atoms with van der Waals surface area (Å²) < 4.78 is 4.85. The fourth-order valence-corrected chi connectivity index (χ4v) is 2.75. The number of hydrogen-bond donors (Lipinski definition) is 1. The van der Waals surface area contributed by atoms with E-state index in [4.69, 9.17) is 4.74 Å². The van der Waals surface area contributed by atoms with Crippen LogP contribution in [-0.2, 0) is 4.74 Å². The standard InChI is InChI=1S/C12H18N2O3S/c1-14(5-9(15)6-17-2)12(16)11-10(8-3-4-8)13-7-18-11/h7-9,15H,3-6H2,1-2H3. The van der Waals surface area contributed by atoms with Crippen molar-refractivity contribution in [2.45, 2.75) is 24.9 Å². The van der Waals surface area contributed by atoms with Gasteiger partial charge in [-0.25, -0.2) is 4.98 Å². The fraction of sp³-hybridized carbons (Fsp3) is 0.667. The van der Waals surface area contributed by atoms with Gasteiger partial charge in [-0.15, -0.1) is 11.3 Å². The van der Waals surface area contributed by atoms with Crippen molar-refractivity contribution in [3.63, 3.8) is 0 Å². The van der Waals surface area contributed by atoms with Crippen molar-refractivity contribution in [1.29, 1.82) is 0 Å². The van der Waals surface area contributed by atoms with Crippen LogP contribution in [0.2, 0.25) is 0 Å². The van der Waals surface area contributed by atoms with E-state index in [2.05, 4.69) is 4.98 Å². The number of aromatic nitrogens is 1. The third kappa shape index (κ3) is 3.07. The van der Waals surface area contributed by atoms with Gasteiger partial charge in [-0.2, -0.15) is 0 Å². The molecule has 0 saturated heterocycles. The quantitative estimate of drug-likeness (QED) is 0.841. The Hall–Kier alpha value is -0.980. The Labute approximate surface area is 110 Å². The molecule has 100 valence electrons. The van der Waals surface area contributed by atoms with Crippen LogP contribution < -0.4 is 0 Å². The molecule has 1 N–H and O–H groups in total. The van der Waals surface area contributed by atoms with Crippen molar-refractivity contribution in [3.05, 3.63) is 16.1 Å². The molecule has 1 saturated carbocycles. The summed E-state index contributed by atoms with van der Waals surface area (Å²) in [7, 11) is 3.22. The Morgan fingerprint density at radius 2 is 2.44 bits per heavy atom. The molecule has 0 aromatic carbocycles. The Morgan fingerprint density at radius 3 is 3.06 bits per heavy atom. The van der Waals surface area contributed by atoms with Gasteiger partial charge in [0.05, 0.1) is 23.9 Å². The summed E-state index contributed by atoms with van der Waals surface area (Å²) in [6.07, 6.45) is 1.60. The van der Waals surface area contributed by atoms with E-state index in [9.17, 15) is 9.90 Å². The number of likely N-dealkylation sites (N-methyl/N-ethyl adjacent to an activating group) is 1. The minimum absolute atomic E-state index is 0.0606. The zero-order chi connectivity index (χ0) is 13.1. The van der Waals surface area contributed by atoms with Gasteiger partial charge in [0.1, 0.15) is 4.88 Å². The van der Waals surface area contributed by atoms with E-state index in [1.807, 2.05) is 0 Å². The number of methoxy groups -OCH3 is 1. The smallest absolute Gasteiger partial charge is 0.265 e. The van der Waals surface area contributed by atoms with Crippen molar-refractivity contribution in [3.8, 4) is 0 Å². The van der Waals surface area contributed by atoms with Crippen molar-refractivity contribution in [2.75, 3.05) is 27.3 Å². The number of rotatable bonds is 6. The molecule has 1 heterocycles. The van der Waals surface area contributed by atoms with Gasteiger partial charge < -0.3 is 14.7 Å². The summed E-state index contributed by atoms with van der Waals surface area (Å²) in [5, 5.41) is 9.63. The number of thiazole rings is 1. The number of nitrogens with zero attached hydrogens (tertiary/aromatic N) is 2. The van der Waals surface area contributed by atoms with Gasteiger partial charge >= 0.3 is 0 Å². The van der Waals surface area contributed by atoms with E-state index in [0.717, 1.165) is 18.5 Å². The number of amides is 1. The van der Waals surface area contributed by atoms with Crippen molar-refractivity contribution >= 4 is 17.2 Å². The van der Waals surface area contributed by atoms with Gasteiger partial charge in [0.15, 0.2) is 0 Å². The number of aliphatic hydroxyl groups excluding tert-OH is 1. The highest BCUT2D eigenvalue weighted by Crippen LogP contribution is 2.41. The highest BCUT2D eigenvalue weighted by atomic mass is 32.1. The van der Waals surface area contributed by atoms with E-state index in [1.165, 1.54) is 23.3 Å². The molecule has 0 aliphatic heterocycles. The maximum Gasteiger partial charge on any atom is 0.265 e. The zero-order valence-electron chi connectivity index (χ0n) is 10.6. The predicted molar refractivity (Wildman–Crippen MR) is 68.9 cm³/mol. The van der Waals surface area contributed by atoms with Crippen LogP contribution in [0.25, 0.3) is 0 Å². The van der Waals surface area contributed by atoms with Crippen LogP contribution >= 0.6 is 11.3 Å². The fourth-order valence-electron chi connectivity index (χ4n) is 1.88. The third-order valence-electron chi connectivity index (χ3n) is 2.94. The van der Waals surface area contributed by atoms with Crippen molar-refractivity contribution in [1.82, 2.24) is 9.88 Å². The summed E-state index contributed by atoms with van der Waals surface area (Å²) in [5.41, 5.74) is 2.65. The zero-order valence-corrected chi connectivity index (χ0v) is 11.4. The summed E-state index contributed by atoms with van der Waals surface area (Å²) in [4.78, 5) is 18.8. The van der Waals surface area contributed by atoms with Crippen LogP contribution in [0.5, 0.6) is 0 Å². The largest absolute Gasteiger partial charge is 0.389 e. The van der Waals surface area contributed by atoms with Crippen molar-refractivity contribution in [2.24, 2.45) is 0 Å². The normalized spacial score (nSPS) is 16.6. The second-order valence-electron chi connectivity index (χ2n) is 4.64. The lowest BCUT2D eigenvalue weighted by Crippen LogP contribution is -2.36. The molecule has 1 unspecified atom stereocenters. The molecule has 1 aliphatic carbocycles. The minimum atomic E-state index is -0.652. The van der Waals surface area contributed by atoms with Gasteiger partial charge in [0.2, 0.25) is 0 Å². The summed E-state index contributed by atoms with van der Waals surface area (Å²) in [6, 6.07) is 0. The second kappa shape index (κ2) is 5.77. The molecular weight excluding hydrogens is 252 g/mol. The van der Waals surface area contributed by atoms with E-state index in [1.54, 1.807) is 12.6 Å². The molecule has 0 spiro atoms. The van der Waals surface area contributed by atoms with Gasteiger partial charge in [-0.05, 0) is 12.8 Å². The van der Waals surface area contributed by atoms with Crippen LogP contribution in [0, 0.1) is 0 Å². The van der Waals surface area contributed by atoms with Gasteiger partial charge in [-0.3, -0.25) is 4.79 Å². The minimum Gasteiger partial charge on any atom is -0.389 e. The number of hydrogen-bond acceptors (Lipinski definition) is 5. The second-order valence-corrected chi connectivity index (χ2v) is 5.49.